The van der Waals surface area contributed by atoms with Gasteiger partial charge in [-0.15, -0.1) is 0 Å². The number of hydrogen-bond acceptors (Lipinski definition) is 3. The fraction of sp³-hybridized carbons (Fsp3) is 0.900. The number of hydrogen-bond donors (Lipinski definition) is 2. The van der Waals surface area contributed by atoms with Crippen LogP contribution in [0.3, 0.4) is 0 Å². The summed E-state index contributed by atoms with van der Waals surface area (Å²) in [5.41, 5.74) is 0.937. The van der Waals surface area contributed by atoms with Crippen LogP contribution in [0.4, 0.5) is 0 Å². The zero-order chi connectivity index (χ0) is 9.68. The molecule has 0 aliphatic carbocycles. The topological polar surface area (TPSA) is 44.6 Å². The lowest BCUT2D eigenvalue weighted by Crippen LogP contribution is -2.16. The third kappa shape index (κ3) is 3.44. The second-order valence-electron chi connectivity index (χ2n) is 4.00. The molecule has 3 nitrogen and oxygen atoms in total. The van der Waals surface area contributed by atoms with Crippen LogP contribution in [-0.4, -0.2) is 37.1 Å². The van der Waals surface area contributed by atoms with E-state index in [9.17, 15) is 0 Å². The van der Waals surface area contributed by atoms with Crippen LogP contribution in [0.25, 0.3) is 0 Å². The van der Waals surface area contributed by atoms with E-state index in [-0.39, 0.29) is 6.61 Å². The van der Waals surface area contributed by atoms with E-state index in [1.54, 1.807) is 0 Å². The molecular formula is C10H20N2O. The summed E-state index contributed by atoms with van der Waals surface area (Å²) in [5.74, 6) is 1.06. The summed E-state index contributed by atoms with van der Waals surface area (Å²) < 4.78 is 0. The summed E-state index contributed by atoms with van der Waals surface area (Å²) in [6.45, 7) is 7.33. The summed E-state index contributed by atoms with van der Waals surface area (Å²) in [5, 5.41) is 12.3. The molecule has 1 aliphatic rings. The lowest BCUT2D eigenvalue weighted by molar-refractivity contribution is 0.350. The Kier molecular flexibility index (Phi) is 4.39. The Morgan fingerprint density at radius 2 is 2.38 bits per heavy atom. The second-order valence-corrected chi connectivity index (χ2v) is 4.00. The number of nitrogens with zero attached hydrogens (tertiary/aromatic N) is 1. The monoisotopic (exact) mass is 184 g/mol. The van der Waals surface area contributed by atoms with Crippen LogP contribution >= 0.6 is 0 Å². The molecule has 0 amide bonds. The van der Waals surface area contributed by atoms with Crippen molar-refractivity contribution in [1.82, 2.24) is 5.32 Å². The van der Waals surface area contributed by atoms with Gasteiger partial charge >= 0.3 is 0 Å². The molecule has 13 heavy (non-hydrogen) atoms. The molecule has 0 aromatic heterocycles. The zero-order valence-electron chi connectivity index (χ0n) is 8.58. The van der Waals surface area contributed by atoms with Crippen LogP contribution in [0.1, 0.15) is 20.3 Å². The van der Waals surface area contributed by atoms with Crippen molar-refractivity contribution in [3.8, 4) is 0 Å². The van der Waals surface area contributed by atoms with Crippen molar-refractivity contribution in [3.05, 3.63) is 0 Å². The SMILES string of the molecule is CC(C)C(CO)=NC[C@@H]1CCNC1. The van der Waals surface area contributed by atoms with Crippen molar-refractivity contribution in [2.75, 3.05) is 26.2 Å². The van der Waals surface area contributed by atoms with Crippen LogP contribution in [0.2, 0.25) is 0 Å². The van der Waals surface area contributed by atoms with Gasteiger partial charge in [0.1, 0.15) is 0 Å². The minimum absolute atomic E-state index is 0.109. The molecular weight excluding hydrogens is 164 g/mol. The molecule has 0 unspecified atom stereocenters. The zero-order valence-corrected chi connectivity index (χ0v) is 8.58. The molecule has 0 spiro atoms. The van der Waals surface area contributed by atoms with E-state index in [1.807, 2.05) is 0 Å². The minimum Gasteiger partial charge on any atom is -0.390 e. The van der Waals surface area contributed by atoms with E-state index in [4.69, 9.17) is 5.11 Å². The van der Waals surface area contributed by atoms with Crippen LogP contribution in [0.15, 0.2) is 4.99 Å². The Morgan fingerprint density at radius 3 is 2.85 bits per heavy atom. The highest BCUT2D eigenvalue weighted by atomic mass is 16.3. The molecule has 1 heterocycles. The highest BCUT2D eigenvalue weighted by Gasteiger charge is 2.14. The van der Waals surface area contributed by atoms with Crippen molar-refractivity contribution < 1.29 is 5.11 Å². The largest absolute Gasteiger partial charge is 0.390 e. The highest BCUT2D eigenvalue weighted by Crippen LogP contribution is 2.08. The normalized spacial score (nSPS) is 24.3. The van der Waals surface area contributed by atoms with E-state index in [0.29, 0.717) is 11.8 Å². The van der Waals surface area contributed by atoms with Gasteiger partial charge in [0, 0.05) is 12.3 Å². The summed E-state index contributed by atoms with van der Waals surface area (Å²) in [7, 11) is 0. The Bertz CT molecular complexity index is 172. The number of rotatable bonds is 4. The Balaban J connectivity index is 2.34. The van der Waals surface area contributed by atoms with Gasteiger partial charge in [-0.1, -0.05) is 13.8 Å². The van der Waals surface area contributed by atoms with Gasteiger partial charge in [-0.3, -0.25) is 4.99 Å². The summed E-state index contributed by atoms with van der Waals surface area (Å²) in [6.07, 6.45) is 1.22. The van der Waals surface area contributed by atoms with E-state index < -0.39 is 0 Å². The van der Waals surface area contributed by atoms with Gasteiger partial charge in [0.05, 0.1) is 6.61 Å². The molecule has 76 valence electrons. The maximum Gasteiger partial charge on any atom is 0.0811 e. The van der Waals surface area contributed by atoms with Crippen LogP contribution in [-0.2, 0) is 0 Å². The molecule has 0 radical (unpaired) electrons. The molecule has 1 atom stereocenters. The van der Waals surface area contributed by atoms with Gasteiger partial charge in [-0.2, -0.15) is 0 Å². The Hall–Kier alpha value is -0.410. The molecule has 1 fully saturated rings. The first-order valence-electron chi connectivity index (χ1n) is 5.08. The quantitative estimate of drug-likeness (QED) is 0.631. The summed E-state index contributed by atoms with van der Waals surface area (Å²) in [4.78, 5) is 4.45. The average molecular weight is 184 g/mol. The molecule has 0 aromatic carbocycles. The number of aliphatic hydroxyl groups is 1. The van der Waals surface area contributed by atoms with Crippen molar-refractivity contribution in [2.24, 2.45) is 16.8 Å². The number of aliphatic hydroxyl groups excluding tert-OH is 1. The van der Waals surface area contributed by atoms with Crippen molar-refractivity contribution in [3.63, 3.8) is 0 Å². The van der Waals surface area contributed by atoms with E-state index in [2.05, 4.69) is 24.2 Å². The first-order chi connectivity index (χ1) is 6.24. The van der Waals surface area contributed by atoms with Gasteiger partial charge in [0.2, 0.25) is 0 Å². The molecule has 3 heteroatoms. The fourth-order valence-electron chi connectivity index (χ4n) is 1.53. The maximum atomic E-state index is 9.02. The average Bonchev–Trinajstić information content (AvgIpc) is 2.57. The summed E-state index contributed by atoms with van der Waals surface area (Å²) >= 11 is 0. The molecule has 0 bridgehead atoms. The predicted molar refractivity (Wildman–Crippen MR) is 55.2 cm³/mol. The standard InChI is InChI=1S/C10H20N2O/c1-8(2)10(7-13)12-6-9-3-4-11-5-9/h8-9,11,13H,3-7H2,1-2H3/t9-/m1/s1. The maximum absolute atomic E-state index is 9.02. The fourth-order valence-corrected chi connectivity index (χ4v) is 1.53. The predicted octanol–water partition coefficient (Wildman–Crippen LogP) is 0.685. The minimum atomic E-state index is 0.109. The van der Waals surface area contributed by atoms with Crippen LogP contribution in [0, 0.1) is 11.8 Å². The highest BCUT2D eigenvalue weighted by molar-refractivity contribution is 5.87. The van der Waals surface area contributed by atoms with Gasteiger partial charge in [-0.05, 0) is 31.3 Å². The van der Waals surface area contributed by atoms with E-state index in [1.165, 1.54) is 6.42 Å². The first kappa shape index (κ1) is 10.7. The molecule has 1 saturated heterocycles. The van der Waals surface area contributed by atoms with Gasteiger partial charge in [0.25, 0.3) is 0 Å². The smallest absolute Gasteiger partial charge is 0.0811 e. The third-order valence-electron chi connectivity index (χ3n) is 2.54. The molecule has 1 rings (SSSR count). The van der Waals surface area contributed by atoms with Gasteiger partial charge in [0.15, 0.2) is 0 Å². The van der Waals surface area contributed by atoms with Crippen LogP contribution < -0.4 is 5.32 Å². The molecule has 0 aromatic rings. The van der Waals surface area contributed by atoms with Crippen molar-refractivity contribution >= 4 is 5.71 Å². The summed E-state index contributed by atoms with van der Waals surface area (Å²) in [6, 6.07) is 0. The van der Waals surface area contributed by atoms with Crippen LogP contribution in [0.5, 0.6) is 0 Å². The third-order valence-corrected chi connectivity index (χ3v) is 2.54. The molecule has 1 aliphatic heterocycles. The Morgan fingerprint density at radius 1 is 1.62 bits per heavy atom. The van der Waals surface area contributed by atoms with Gasteiger partial charge < -0.3 is 10.4 Å². The lowest BCUT2D eigenvalue weighted by Gasteiger charge is -2.09. The second kappa shape index (κ2) is 5.35. The van der Waals surface area contributed by atoms with Crippen molar-refractivity contribution in [1.29, 1.82) is 0 Å². The van der Waals surface area contributed by atoms with Gasteiger partial charge in [-0.25, -0.2) is 0 Å². The number of nitrogens with one attached hydrogen (secondary N) is 1. The molecule has 2 N–H and O–H groups in total. The molecule has 0 saturated carbocycles. The van der Waals surface area contributed by atoms with E-state index in [0.717, 1.165) is 25.3 Å². The first-order valence-corrected chi connectivity index (χ1v) is 5.08. The van der Waals surface area contributed by atoms with Crippen molar-refractivity contribution in [2.45, 2.75) is 20.3 Å². The van der Waals surface area contributed by atoms with E-state index >= 15 is 0 Å². The lowest BCUT2D eigenvalue weighted by atomic mass is 10.1. The number of aliphatic imine (C=N–C) groups is 1. The Labute approximate surface area is 80.3 Å².